The van der Waals surface area contributed by atoms with Crippen LogP contribution in [0.1, 0.15) is 56.7 Å². The minimum Gasteiger partial charge on any atom is -0.396 e. The highest BCUT2D eigenvalue weighted by atomic mass is 35.5. The van der Waals surface area contributed by atoms with E-state index >= 15 is 0 Å². The quantitative estimate of drug-likeness (QED) is 0.568. The summed E-state index contributed by atoms with van der Waals surface area (Å²) in [5, 5.41) is 14.6. The van der Waals surface area contributed by atoms with E-state index in [1.54, 1.807) is 19.3 Å². The summed E-state index contributed by atoms with van der Waals surface area (Å²) in [4.78, 5) is 19.9. The lowest BCUT2D eigenvalue weighted by Gasteiger charge is -2.39. The van der Waals surface area contributed by atoms with E-state index in [9.17, 15) is 9.90 Å². The number of amides is 1. The Bertz CT molecular complexity index is 1020. The molecule has 7 nitrogen and oxygen atoms in total. The first-order chi connectivity index (χ1) is 15.4. The number of aliphatic hydroxyl groups is 1. The Kier molecular flexibility index (Phi) is 6.73. The summed E-state index contributed by atoms with van der Waals surface area (Å²) in [5.74, 6) is 6.62. The molecule has 2 aromatic heterocycles. The van der Waals surface area contributed by atoms with E-state index < -0.39 is 0 Å². The summed E-state index contributed by atoms with van der Waals surface area (Å²) >= 11 is 6.19. The molecule has 0 unspecified atom stereocenters. The number of aliphatic hydroxyl groups excluding tert-OH is 1. The monoisotopic (exact) mass is 455 g/mol. The molecule has 4 rings (SSSR count). The van der Waals surface area contributed by atoms with E-state index in [1.165, 1.54) is 0 Å². The number of piperidine rings is 2. The molecule has 2 fully saturated rings. The van der Waals surface area contributed by atoms with E-state index in [4.69, 9.17) is 11.6 Å². The fourth-order valence-electron chi connectivity index (χ4n) is 4.41. The smallest absolute Gasteiger partial charge is 0.219 e. The number of nitrogens with zero attached hydrogens (tertiary/aromatic N) is 5. The Hall–Kier alpha value is -2.56. The van der Waals surface area contributed by atoms with Crippen LogP contribution in [0.2, 0.25) is 5.15 Å². The fourth-order valence-corrected chi connectivity index (χ4v) is 4.56. The van der Waals surface area contributed by atoms with Crippen molar-refractivity contribution < 1.29 is 9.90 Å². The average Bonchev–Trinajstić information content (AvgIpc) is 3.28. The molecule has 0 spiro atoms. The number of anilines is 1. The molecule has 170 valence electrons. The van der Waals surface area contributed by atoms with Crippen LogP contribution < -0.4 is 4.90 Å². The fraction of sp³-hybridized carbons (Fsp3) is 0.542. The Morgan fingerprint density at radius 3 is 2.59 bits per heavy atom. The summed E-state index contributed by atoms with van der Waals surface area (Å²) in [7, 11) is 0. The van der Waals surface area contributed by atoms with Gasteiger partial charge < -0.3 is 14.9 Å². The molecule has 2 aliphatic heterocycles. The largest absolute Gasteiger partial charge is 0.396 e. The van der Waals surface area contributed by atoms with Crippen LogP contribution in [0.25, 0.3) is 0 Å². The molecule has 0 saturated carbocycles. The molecule has 4 heterocycles. The van der Waals surface area contributed by atoms with Gasteiger partial charge in [-0.05, 0) is 31.1 Å². The lowest BCUT2D eigenvalue weighted by molar-refractivity contribution is -0.130. The van der Waals surface area contributed by atoms with Gasteiger partial charge in [0.25, 0.3) is 0 Å². The molecule has 0 aromatic carbocycles. The molecule has 2 aromatic rings. The first-order valence-corrected chi connectivity index (χ1v) is 11.6. The second kappa shape index (κ2) is 9.51. The number of hydrogen-bond acceptors (Lipinski definition) is 5. The summed E-state index contributed by atoms with van der Waals surface area (Å²) in [6.45, 7) is 7.20. The lowest BCUT2D eigenvalue weighted by atomic mass is 9.81. The highest BCUT2D eigenvalue weighted by Gasteiger charge is 2.30. The molecule has 2 saturated heterocycles. The maximum Gasteiger partial charge on any atom is 0.219 e. The van der Waals surface area contributed by atoms with Crippen LogP contribution >= 0.6 is 11.6 Å². The number of carbonyl (C=O) groups is 1. The normalized spacial score (nSPS) is 18.9. The Balaban J connectivity index is 1.47. The number of pyridine rings is 1. The molecule has 1 amide bonds. The molecule has 2 aliphatic rings. The zero-order chi connectivity index (χ0) is 22.7. The van der Waals surface area contributed by atoms with Gasteiger partial charge in [-0.1, -0.05) is 30.4 Å². The van der Waals surface area contributed by atoms with Crippen molar-refractivity contribution in [1.82, 2.24) is 19.7 Å². The second-order valence-corrected chi connectivity index (χ2v) is 9.56. The number of aromatic nitrogens is 3. The van der Waals surface area contributed by atoms with Crippen LogP contribution in [0.3, 0.4) is 0 Å². The van der Waals surface area contributed by atoms with Crippen molar-refractivity contribution >= 4 is 23.2 Å². The molecular formula is C24H30ClN5O2. The third-order valence-electron chi connectivity index (χ3n) is 6.77. The van der Waals surface area contributed by atoms with Crippen LogP contribution in [-0.4, -0.2) is 63.5 Å². The number of hydrogen-bond donors (Lipinski definition) is 1. The van der Waals surface area contributed by atoms with E-state index in [0.29, 0.717) is 11.2 Å². The lowest BCUT2D eigenvalue weighted by Crippen LogP contribution is -2.40. The SMILES string of the molecule is CC(=O)N1CCC(n2cc(C#Cc3cnc(Cl)cc3N3CCC(C)(CO)CC3)cn2)CC1. The van der Waals surface area contributed by atoms with Gasteiger partial charge in [-0.15, -0.1) is 0 Å². The standard InChI is InChI=1S/C24H30ClN5O2/c1-18(32)28-9-5-21(6-10-28)30-16-19(14-27-30)3-4-20-15-26-23(25)13-22(20)29-11-7-24(2,17-31)8-12-29/h13-16,21,31H,5-12,17H2,1-2H3. The van der Waals surface area contributed by atoms with Gasteiger partial charge in [0.05, 0.1) is 29.1 Å². The van der Waals surface area contributed by atoms with Gasteiger partial charge in [-0.3, -0.25) is 9.48 Å². The highest BCUT2D eigenvalue weighted by molar-refractivity contribution is 6.29. The van der Waals surface area contributed by atoms with Crippen LogP contribution in [0.5, 0.6) is 0 Å². The third-order valence-corrected chi connectivity index (χ3v) is 6.98. The second-order valence-electron chi connectivity index (χ2n) is 9.18. The van der Waals surface area contributed by atoms with Gasteiger partial charge in [0.15, 0.2) is 0 Å². The van der Waals surface area contributed by atoms with Gasteiger partial charge in [0.1, 0.15) is 5.15 Å². The summed E-state index contributed by atoms with van der Waals surface area (Å²) < 4.78 is 1.98. The van der Waals surface area contributed by atoms with Crippen molar-refractivity contribution in [2.24, 2.45) is 5.41 Å². The Morgan fingerprint density at radius 1 is 1.22 bits per heavy atom. The molecule has 32 heavy (non-hydrogen) atoms. The van der Waals surface area contributed by atoms with Gasteiger partial charge in [-0.25, -0.2) is 4.98 Å². The minimum absolute atomic E-state index is 0.0195. The van der Waals surface area contributed by atoms with E-state index in [2.05, 4.69) is 33.7 Å². The van der Waals surface area contributed by atoms with E-state index in [1.807, 2.05) is 21.8 Å². The molecule has 0 radical (unpaired) electrons. The van der Waals surface area contributed by atoms with Crippen LogP contribution in [0.15, 0.2) is 24.7 Å². The Labute approximate surface area is 194 Å². The van der Waals surface area contributed by atoms with Crippen molar-refractivity contribution in [3.05, 3.63) is 40.9 Å². The van der Waals surface area contributed by atoms with Gasteiger partial charge in [-0.2, -0.15) is 5.10 Å². The van der Waals surface area contributed by atoms with Gasteiger partial charge in [0, 0.05) is 58.2 Å². The zero-order valence-corrected chi connectivity index (χ0v) is 19.5. The molecular weight excluding hydrogens is 426 g/mol. The number of halogens is 1. The minimum atomic E-state index is -0.0195. The molecule has 0 aliphatic carbocycles. The molecule has 8 heteroatoms. The van der Waals surface area contributed by atoms with Crippen LogP contribution in [0.4, 0.5) is 5.69 Å². The van der Waals surface area contributed by atoms with Gasteiger partial charge in [0.2, 0.25) is 5.91 Å². The predicted molar refractivity (Wildman–Crippen MR) is 125 cm³/mol. The maximum atomic E-state index is 11.5. The summed E-state index contributed by atoms with van der Waals surface area (Å²) in [5.41, 5.74) is 2.66. The van der Waals surface area contributed by atoms with Crippen molar-refractivity contribution in [3.63, 3.8) is 0 Å². The zero-order valence-electron chi connectivity index (χ0n) is 18.7. The molecule has 0 bridgehead atoms. The number of rotatable bonds is 3. The van der Waals surface area contributed by atoms with Crippen LogP contribution in [-0.2, 0) is 4.79 Å². The van der Waals surface area contributed by atoms with E-state index in [-0.39, 0.29) is 17.9 Å². The van der Waals surface area contributed by atoms with Crippen molar-refractivity contribution in [2.75, 3.05) is 37.7 Å². The van der Waals surface area contributed by atoms with E-state index in [0.717, 1.165) is 68.7 Å². The first-order valence-electron chi connectivity index (χ1n) is 11.2. The maximum absolute atomic E-state index is 11.5. The number of likely N-dealkylation sites (tertiary alicyclic amines) is 1. The van der Waals surface area contributed by atoms with Crippen molar-refractivity contribution in [2.45, 2.75) is 45.6 Å². The van der Waals surface area contributed by atoms with Crippen LogP contribution in [0, 0.1) is 17.3 Å². The predicted octanol–water partition coefficient (Wildman–Crippen LogP) is 3.11. The first kappa shape index (κ1) is 22.6. The molecule has 1 N–H and O–H groups in total. The van der Waals surface area contributed by atoms with Gasteiger partial charge >= 0.3 is 0 Å². The Morgan fingerprint density at radius 2 is 1.94 bits per heavy atom. The average molecular weight is 456 g/mol. The topological polar surface area (TPSA) is 74.5 Å². The summed E-state index contributed by atoms with van der Waals surface area (Å²) in [6.07, 6.45) is 9.16. The highest BCUT2D eigenvalue weighted by Crippen LogP contribution is 2.34. The van der Waals surface area contributed by atoms with Crippen molar-refractivity contribution in [1.29, 1.82) is 0 Å². The number of carbonyl (C=O) groups excluding carboxylic acids is 1. The summed E-state index contributed by atoms with van der Waals surface area (Å²) in [6, 6.07) is 2.17. The van der Waals surface area contributed by atoms with Crippen molar-refractivity contribution in [3.8, 4) is 11.8 Å². The third kappa shape index (κ3) is 5.08. The molecule has 0 atom stereocenters.